The van der Waals surface area contributed by atoms with Crippen LogP contribution in [0.15, 0.2) is 53.9 Å². The van der Waals surface area contributed by atoms with E-state index in [2.05, 4.69) is 10.3 Å². The maximum Gasteiger partial charge on any atom is 0.251 e. The van der Waals surface area contributed by atoms with Crippen LogP contribution in [0.3, 0.4) is 0 Å². The summed E-state index contributed by atoms with van der Waals surface area (Å²) < 4.78 is 0. The van der Waals surface area contributed by atoms with Crippen LogP contribution in [0.4, 0.5) is 0 Å². The molecule has 1 aromatic heterocycles. The van der Waals surface area contributed by atoms with Gasteiger partial charge in [0, 0.05) is 28.7 Å². The van der Waals surface area contributed by atoms with Crippen molar-refractivity contribution in [2.45, 2.75) is 13.5 Å². The first kappa shape index (κ1) is 15.9. The number of hydrogen-bond acceptors (Lipinski definition) is 4. The summed E-state index contributed by atoms with van der Waals surface area (Å²) in [5.74, 6) is -0.188. The fourth-order valence-corrected chi connectivity index (χ4v) is 3.07. The van der Waals surface area contributed by atoms with E-state index in [-0.39, 0.29) is 5.91 Å². The molecule has 0 saturated carbocycles. The third-order valence-corrected chi connectivity index (χ3v) is 4.54. The molecule has 3 rings (SSSR count). The van der Waals surface area contributed by atoms with Crippen LogP contribution >= 0.6 is 11.3 Å². The maximum absolute atomic E-state index is 12.1. The van der Waals surface area contributed by atoms with Crippen molar-refractivity contribution >= 4 is 17.2 Å². The number of rotatable bonds is 4. The Bertz CT molecular complexity index is 907. The number of amides is 1. The van der Waals surface area contributed by atoms with Gasteiger partial charge in [0.05, 0.1) is 11.6 Å². The van der Waals surface area contributed by atoms with Crippen LogP contribution in [0, 0.1) is 18.3 Å². The van der Waals surface area contributed by atoms with Crippen molar-refractivity contribution in [3.8, 4) is 16.6 Å². The van der Waals surface area contributed by atoms with Gasteiger partial charge in [0.25, 0.3) is 5.91 Å². The fourth-order valence-electron chi connectivity index (χ4n) is 2.27. The predicted molar refractivity (Wildman–Crippen MR) is 94.6 cm³/mol. The Morgan fingerprint density at radius 3 is 2.71 bits per heavy atom. The molecule has 5 heteroatoms. The molecular weight excluding hydrogens is 318 g/mol. The van der Waals surface area contributed by atoms with Gasteiger partial charge in [-0.15, -0.1) is 11.3 Å². The molecule has 0 atom stereocenters. The van der Waals surface area contributed by atoms with Crippen molar-refractivity contribution in [3.63, 3.8) is 0 Å². The molecule has 118 valence electrons. The van der Waals surface area contributed by atoms with Gasteiger partial charge in [-0.3, -0.25) is 4.79 Å². The zero-order valence-corrected chi connectivity index (χ0v) is 13.9. The quantitative estimate of drug-likeness (QED) is 0.787. The second-order valence-corrected chi connectivity index (χ2v) is 6.22. The summed E-state index contributed by atoms with van der Waals surface area (Å²) in [5.41, 5.74) is 4.07. The van der Waals surface area contributed by atoms with Crippen LogP contribution < -0.4 is 5.32 Å². The molecule has 4 nitrogen and oxygen atoms in total. The van der Waals surface area contributed by atoms with Gasteiger partial charge in [-0.1, -0.05) is 30.3 Å². The number of aryl methyl sites for hydroxylation is 1. The van der Waals surface area contributed by atoms with Gasteiger partial charge in [-0.25, -0.2) is 4.98 Å². The van der Waals surface area contributed by atoms with Crippen LogP contribution in [0.25, 0.3) is 10.6 Å². The first-order chi connectivity index (χ1) is 11.7. The van der Waals surface area contributed by atoms with Gasteiger partial charge in [-0.2, -0.15) is 5.26 Å². The van der Waals surface area contributed by atoms with Gasteiger partial charge in [0.2, 0.25) is 0 Å². The number of nitriles is 1. The molecule has 0 bridgehead atoms. The molecule has 0 aliphatic carbocycles. The number of thiazole rings is 1. The minimum absolute atomic E-state index is 0.188. The second-order valence-electron chi connectivity index (χ2n) is 5.37. The van der Waals surface area contributed by atoms with Crippen LogP contribution in [0.5, 0.6) is 0 Å². The zero-order valence-electron chi connectivity index (χ0n) is 13.1. The van der Waals surface area contributed by atoms with Crippen LogP contribution in [0.1, 0.15) is 27.2 Å². The molecule has 0 spiro atoms. The highest BCUT2D eigenvalue weighted by Gasteiger charge is 2.07. The van der Waals surface area contributed by atoms with Crippen LogP contribution in [0.2, 0.25) is 0 Å². The van der Waals surface area contributed by atoms with Crippen molar-refractivity contribution in [1.29, 1.82) is 5.26 Å². The number of nitrogens with one attached hydrogen (secondary N) is 1. The topological polar surface area (TPSA) is 65.8 Å². The monoisotopic (exact) mass is 333 g/mol. The Balaban J connectivity index is 1.64. The molecule has 0 aliphatic heterocycles. The summed E-state index contributed by atoms with van der Waals surface area (Å²) in [6, 6.07) is 16.7. The minimum Gasteiger partial charge on any atom is -0.348 e. The van der Waals surface area contributed by atoms with Gasteiger partial charge in [0.1, 0.15) is 5.01 Å². The smallest absolute Gasteiger partial charge is 0.251 e. The van der Waals surface area contributed by atoms with Gasteiger partial charge in [0.15, 0.2) is 0 Å². The van der Waals surface area contributed by atoms with Crippen molar-refractivity contribution in [2.24, 2.45) is 0 Å². The number of nitrogens with zero attached hydrogens (tertiary/aromatic N) is 2. The SMILES string of the molecule is Cc1csc(-c2ccc(CNC(=O)c3cccc(C#N)c3)cc2)n1. The average molecular weight is 333 g/mol. The molecule has 3 aromatic rings. The molecule has 1 heterocycles. The lowest BCUT2D eigenvalue weighted by atomic mass is 10.1. The Morgan fingerprint density at radius 1 is 1.25 bits per heavy atom. The summed E-state index contributed by atoms with van der Waals surface area (Å²) in [4.78, 5) is 16.6. The van der Waals surface area contributed by atoms with E-state index in [0.29, 0.717) is 17.7 Å². The van der Waals surface area contributed by atoms with Gasteiger partial charge < -0.3 is 5.32 Å². The second kappa shape index (κ2) is 7.07. The Hall–Kier alpha value is -2.97. The lowest BCUT2D eigenvalue weighted by Crippen LogP contribution is -2.22. The molecule has 1 N–H and O–H groups in total. The highest BCUT2D eigenvalue weighted by molar-refractivity contribution is 7.13. The molecule has 1 amide bonds. The highest BCUT2D eigenvalue weighted by atomic mass is 32.1. The third-order valence-electron chi connectivity index (χ3n) is 3.53. The summed E-state index contributed by atoms with van der Waals surface area (Å²) in [5, 5.41) is 14.8. The minimum atomic E-state index is -0.188. The Labute approximate surface area is 144 Å². The molecule has 0 fully saturated rings. The number of aromatic nitrogens is 1. The van der Waals surface area contributed by atoms with Crippen LogP contribution in [-0.2, 0) is 6.54 Å². The number of carbonyl (C=O) groups excluding carboxylic acids is 1. The van der Waals surface area contributed by atoms with Crippen molar-refractivity contribution < 1.29 is 4.79 Å². The zero-order chi connectivity index (χ0) is 16.9. The largest absolute Gasteiger partial charge is 0.348 e. The van der Waals surface area contributed by atoms with E-state index in [1.807, 2.05) is 42.6 Å². The standard InChI is InChI=1S/C19H15N3OS/c1-13-12-24-19(22-13)16-7-5-14(6-8-16)11-21-18(23)17-4-2-3-15(9-17)10-20/h2-9,12H,11H2,1H3,(H,21,23). The third kappa shape index (κ3) is 3.67. The summed E-state index contributed by atoms with van der Waals surface area (Å²) in [6.45, 7) is 2.41. The first-order valence-electron chi connectivity index (χ1n) is 7.45. The van der Waals surface area contributed by atoms with Gasteiger partial charge >= 0.3 is 0 Å². The van der Waals surface area contributed by atoms with E-state index >= 15 is 0 Å². The predicted octanol–water partition coefficient (Wildman–Crippen LogP) is 3.92. The van der Waals surface area contributed by atoms with Crippen molar-refractivity contribution in [2.75, 3.05) is 0 Å². The maximum atomic E-state index is 12.1. The molecule has 0 saturated heterocycles. The molecular formula is C19H15N3OS. The fraction of sp³-hybridized carbons (Fsp3) is 0.105. The molecule has 0 aliphatic rings. The molecule has 24 heavy (non-hydrogen) atoms. The van der Waals surface area contributed by atoms with E-state index in [4.69, 9.17) is 5.26 Å². The first-order valence-corrected chi connectivity index (χ1v) is 8.33. The van der Waals surface area contributed by atoms with Crippen LogP contribution in [-0.4, -0.2) is 10.9 Å². The number of benzene rings is 2. The van der Waals surface area contributed by atoms with Crippen molar-refractivity contribution in [1.82, 2.24) is 10.3 Å². The van der Waals surface area contributed by atoms with E-state index in [9.17, 15) is 4.79 Å². The van der Waals surface area contributed by atoms with E-state index in [1.165, 1.54) is 0 Å². The molecule has 0 radical (unpaired) electrons. The Morgan fingerprint density at radius 2 is 2.04 bits per heavy atom. The van der Waals surface area contributed by atoms with Crippen molar-refractivity contribution in [3.05, 3.63) is 76.3 Å². The normalized spacial score (nSPS) is 10.2. The number of carbonyl (C=O) groups is 1. The number of hydrogen-bond donors (Lipinski definition) is 1. The molecule has 2 aromatic carbocycles. The highest BCUT2D eigenvalue weighted by Crippen LogP contribution is 2.23. The Kier molecular flexibility index (Phi) is 4.69. The average Bonchev–Trinajstić information content (AvgIpc) is 3.06. The van der Waals surface area contributed by atoms with E-state index in [0.717, 1.165) is 21.8 Å². The molecule has 0 unspecified atom stereocenters. The van der Waals surface area contributed by atoms with E-state index in [1.54, 1.807) is 35.6 Å². The summed E-state index contributed by atoms with van der Waals surface area (Å²) >= 11 is 1.62. The van der Waals surface area contributed by atoms with Gasteiger partial charge in [-0.05, 0) is 30.7 Å². The lowest BCUT2D eigenvalue weighted by Gasteiger charge is -2.06. The summed E-state index contributed by atoms with van der Waals surface area (Å²) in [6.07, 6.45) is 0. The van der Waals surface area contributed by atoms with E-state index < -0.39 is 0 Å². The summed E-state index contributed by atoms with van der Waals surface area (Å²) in [7, 11) is 0. The lowest BCUT2D eigenvalue weighted by molar-refractivity contribution is 0.0951.